The van der Waals surface area contributed by atoms with Crippen LogP contribution in [0.15, 0.2) is 12.1 Å². The first-order valence-electron chi connectivity index (χ1n) is 7.23. The van der Waals surface area contributed by atoms with Crippen LogP contribution in [0, 0.1) is 11.3 Å². The van der Waals surface area contributed by atoms with E-state index in [0.717, 1.165) is 25.3 Å². The van der Waals surface area contributed by atoms with Gasteiger partial charge in [0.2, 0.25) is 5.91 Å². The fourth-order valence-corrected chi connectivity index (χ4v) is 4.32. The Morgan fingerprint density at radius 2 is 1.91 bits per heavy atom. The number of amides is 1. The van der Waals surface area contributed by atoms with Crippen molar-refractivity contribution in [2.24, 2.45) is 11.3 Å². The molecule has 1 aromatic carbocycles. The van der Waals surface area contributed by atoms with Gasteiger partial charge in [0.1, 0.15) is 6.04 Å². The molecule has 0 aromatic heterocycles. The van der Waals surface area contributed by atoms with Crippen LogP contribution in [0.25, 0.3) is 0 Å². The largest absolute Gasteiger partial charge is 0.417 e. The highest BCUT2D eigenvalue weighted by atomic mass is 35.5. The Balaban J connectivity index is 1.72. The molecule has 1 amide bonds. The summed E-state index contributed by atoms with van der Waals surface area (Å²) in [6, 6.07) is 1.97. The molecule has 1 atom stereocenters. The lowest BCUT2D eigenvalue weighted by Crippen LogP contribution is -2.64. The highest BCUT2D eigenvalue weighted by Gasteiger charge is 2.62. The van der Waals surface area contributed by atoms with Crippen LogP contribution in [0.1, 0.15) is 30.4 Å². The summed E-state index contributed by atoms with van der Waals surface area (Å²) in [5.74, 6) is 0.562. The smallest absolute Gasteiger partial charge is 0.373 e. The molecule has 1 unspecified atom stereocenters. The Labute approximate surface area is 130 Å². The van der Waals surface area contributed by atoms with Gasteiger partial charge in [0.15, 0.2) is 0 Å². The molecule has 5 rings (SSSR count). The lowest BCUT2D eigenvalue weighted by Gasteiger charge is -2.64. The van der Waals surface area contributed by atoms with Gasteiger partial charge in [0.05, 0.1) is 10.6 Å². The Kier molecular flexibility index (Phi) is 2.78. The zero-order chi connectivity index (χ0) is 15.7. The summed E-state index contributed by atoms with van der Waals surface area (Å²) in [7, 11) is 0. The minimum Gasteiger partial charge on any atom is -0.373 e. The van der Waals surface area contributed by atoms with Crippen LogP contribution in [0.2, 0.25) is 5.02 Å². The van der Waals surface area contributed by atoms with E-state index in [9.17, 15) is 18.0 Å². The zero-order valence-corrected chi connectivity index (χ0v) is 12.3. The number of fused-ring (bicyclic) bond motifs is 1. The summed E-state index contributed by atoms with van der Waals surface area (Å²) in [6.45, 7) is 0.0138. The topological polar surface area (TPSA) is 41.1 Å². The molecule has 3 aliphatic carbocycles. The summed E-state index contributed by atoms with van der Waals surface area (Å²) in [6.07, 6.45) is -1.46. The van der Waals surface area contributed by atoms with Gasteiger partial charge in [-0.15, -0.1) is 0 Å². The Bertz CT molecular complexity index is 656. The normalized spacial score (nSPS) is 32.8. The van der Waals surface area contributed by atoms with Crippen LogP contribution in [0.4, 0.5) is 18.9 Å². The van der Waals surface area contributed by atoms with E-state index < -0.39 is 11.7 Å². The van der Waals surface area contributed by atoms with Gasteiger partial charge in [0.25, 0.3) is 0 Å². The predicted molar refractivity (Wildman–Crippen MR) is 75.5 cm³/mol. The molecule has 0 radical (unpaired) electrons. The monoisotopic (exact) mass is 330 g/mol. The molecule has 0 spiro atoms. The van der Waals surface area contributed by atoms with Gasteiger partial charge < -0.3 is 10.6 Å². The van der Waals surface area contributed by atoms with E-state index in [1.165, 1.54) is 6.07 Å². The second kappa shape index (κ2) is 4.31. The van der Waals surface area contributed by atoms with Gasteiger partial charge in [-0.2, -0.15) is 13.2 Å². The summed E-state index contributed by atoms with van der Waals surface area (Å²) in [4.78, 5) is 12.3. The number of carbonyl (C=O) groups excluding carboxylic acids is 1. The number of halogens is 4. The van der Waals surface area contributed by atoms with Crippen molar-refractivity contribution in [3.8, 4) is 0 Å². The molecule has 2 N–H and O–H groups in total. The lowest BCUT2D eigenvalue weighted by atomic mass is 9.41. The van der Waals surface area contributed by atoms with E-state index >= 15 is 0 Å². The fourth-order valence-electron chi connectivity index (χ4n) is 3.98. The van der Waals surface area contributed by atoms with E-state index in [-0.39, 0.29) is 28.9 Å². The van der Waals surface area contributed by atoms with Crippen molar-refractivity contribution in [2.45, 2.75) is 38.0 Å². The minimum absolute atomic E-state index is 0.0138. The number of nitrogens with one attached hydrogen (secondary N) is 2. The second-order valence-electron chi connectivity index (χ2n) is 6.59. The predicted octanol–water partition coefficient (Wildman–Crippen LogP) is 3.57. The molecule has 118 valence electrons. The number of hydrogen-bond acceptors (Lipinski definition) is 2. The fraction of sp³-hybridized carbons (Fsp3) is 0.533. The van der Waals surface area contributed by atoms with Crippen LogP contribution in [0.3, 0.4) is 0 Å². The highest BCUT2D eigenvalue weighted by Crippen LogP contribution is 2.66. The third kappa shape index (κ3) is 1.86. The first-order valence-corrected chi connectivity index (χ1v) is 7.61. The molecule has 2 bridgehead atoms. The Morgan fingerprint density at radius 1 is 1.23 bits per heavy atom. The van der Waals surface area contributed by atoms with Crippen LogP contribution < -0.4 is 10.6 Å². The molecular weight excluding hydrogens is 317 g/mol. The zero-order valence-electron chi connectivity index (χ0n) is 11.6. The molecule has 4 aliphatic rings. The van der Waals surface area contributed by atoms with Crippen LogP contribution in [0.5, 0.6) is 0 Å². The van der Waals surface area contributed by atoms with E-state index in [1.807, 2.05) is 0 Å². The van der Waals surface area contributed by atoms with Crippen molar-refractivity contribution in [3.05, 3.63) is 28.3 Å². The average molecular weight is 331 g/mol. The molecule has 7 heteroatoms. The van der Waals surface area contributed by atoms with Crippen molar-refractivity contribution in [1.82, 2.24) is 5.32 Å². The van der Waals surface area contributed by atoms with Crippen molar-refractivity contribution in [1.29, 1.82) is 0 Å². The van der Waals surface area contributed by atoms with E-state index in [2.05, 4.69) is 10.6 Å². The number of benzene rings is 1. The van der Waals surface area contributed by atoms with Gasteiger partial charge in [-0.3, -0.25) is 4.79 Å². The number of hydrogen-bond donors (Lipinski definition) is 2. The summed E-state index contributed by atoms with van der Waals surface area (Å²) < 4.78 is 38.8. The van der Waals surface area contributed by atoms with Gasteiger partial charge in [-0.1, -0.05) is 11.6 Å². The molecule has 0 saturated heterocycles. The quantitative estimate of drug-likeness (QED) is 0.826. The van der Waals surface area contributed by atoms with E-state index in [4.69, 9.17) is 11.6 Å². The van der Waals surface area contributed by atoms with E-state index in [0.29, 0.717) is 17.2 Å². The van der Waals surface area contributed by atoms with Gasteiger partial charge in [-0.25, -0.2) is 0 Å². The molecular formula is C15H14ClF3N2O. The molecule has 3 fully saturated rings. The number of rotatable bonds is 1. The first-order chi connectivity index (χ1) is 10.3. The van der Waals surface area contributed by atoms with Crippen LogP contribution in [-0.2, 0) is 17.5 Å². The van der Waals surface area contributed by atoms with Gasteiger partial charge >= 0.3 is 6.18 Å². The first kappa shape index (κ1) is 14.2. The van der Waals surface area contributed by atoms with E-state index in [1.54, 1.807) is 0 Å². The Morgan fingerprint density at radius 3 is 2.45 bits per heavy atom. The Hall–Kier alpha value is -1.43. The molecule has 3 saturated carbocycles. The average Bonchev–Trinajstić information content (AvgIpc) is 2.46. The van der Waals surface area contributed by atoms with Crippen molar-refractivity contribution in [2.75, 3.05) is 5.32 Å². The van der Waals surface area contributed by atoms with Crippen molar-refractivity contribution < 1.29 is 18.0 Å². The number of alkyl halides is 3. The molecule has 1 aliphatic heterocycles. The molecule has 22 heavy (non-hydrogen) atoms. The molecule has 1 aromatic rings. The standard InChI is InChI=1S/C15H14ClF3N2O/c16-11-8-6-20-13(22)12(14-3-7(4-14)5-14)21-10(8)2-1-9(11)15(17,18)19/h1-2,7,12,21H,3-6H2,(H,20,22). The third-order valence-corrected chi connectivity index (χ3v) is 5.68. The van der Waals surface area contributed by atoms with Crippen molar-refractivity contribution >= 4 is 23.2 Å². The second-order valence-corrected chi connectivity index (χ2v) is 6.96. The maximum absolute atomic E-state index is 12.9. The van der Waals surface area contributed by atoms with Crippen LogP contribution >= 0.6 is 11.6 Å². The molecule has 3 nitrogen and oxygen atoms in total. The summed E-state index contributed by atoms with van der Waals surface area (Å²) >= 11 is 5.94. The van der Waals surface area contributed by atoms with Crippen LogP contribution in [-0.4, -0.2) is 11.9 Å². The maximum Gasteiger partial charge on any atom is 0.417 e. The summed E-state index contributed by atoms with van der Waals surface area (Å²) in [5, 5.41) is 5.52. The SMILES string of the molecule is O=C1NCc2c(ccc(C(F)(F)F)c2Cl)NC1C12CC(C1)C2. The number of carbonyl (C=O) groups is 1. The molecule has 1 heterocycles. The third-order valence-electron chi connectivity index (χ3n) is 5.25. The van der Waals surface area contributed by atoms with Crippen molar-refractivity contribution in [3.63, 3.8) is 0 Å². The maximum atomic E-state index is 12.9. The summed E-state index contributed by atoms with van der Waals surface area (Å²) in [5.41, 5.74) is -0.0659. The number of anilines is 1. The minimum atomic E-state index is -4.50. The lowest BCUT2D eigenvalue weighted by molar-refractivity contribution is -0.148. The van der Waals surface area contributed by atoms with Gasteiger partial charge in [0, 0.05) is 23.2 Å². The highest BCUT2D eigenvalue weighted by molar-refractivity contribution is 6.32. The van der Waals surface area contributed by atoms with Gasteiger partial charge in [-0.05, 0) is 37.3 Å².